The fraction of sp³-hybridized carbons (Fsp3) is 0.333. The minimum absolute atomic E-state index is 0.117. The second-order valence-electron chi connectivity index (χ2n) is 6.31. The highest BCUT2D eigenvalue weighted by molar-refractivity contribution is 6.31. The van der Waals surface area contributed by atoms with Gasteiger partial charge in [0.15, 0.2) is 0 Å². The summed E-state index contributed by atoms with van der Waals surface area (Å²) >= 11 is 6.20. The lowest BCUT2D eigenvalue weighted by Crippen LogP contribution is -2.48. The quantitative estimate of drug-likeness (QED) is 0.804. The van der Waals surface area contributed by atoms with Crippen LogP contribution in [0.5, 0.6) is 0 Å². The Morgan fingerprint density at radius 2 is 1.77 bits per heavy atom. The Labute approximate surface area is 160 Å². The standard InChI is InChI=1S/C21H25ClN2O2/c1-4-19(21(26)23-3)24(14-16-11-9-15(2)10-12-16)20(25)13-17-7-5-6-8-18(17)22/h5-12,19H,4,13-14H2,1-3H3,(H,23,26)/t19-/m0/s1. The van der Waals surface area contributed by atoms with Crippen molar-refractivity contribution >= 4 is 23.4 Å². The Kier molecular flexibility index (Phi) is 7.22. The molecule has 2 aromatic rings. The van der Waals surface area contributed by atoms with Gasteiger partial charge in [0.2, 0.25) is 11.8 Å². The average Bonchev–Trinajstić information content (AvgIpc) is 2.64. The van der Waals surface area contributed by atoms with Crippen molar-refractivity contribution in [1.29, 1.82) is 0 Å². The van der Waals surface area contributed by atoms with Crippen LogP contribution in [0, 0.1) is 6.92 Å². The van der Waals surface area contributed by atoms with Crippen LogP contribution in [0.3, 0.4) is 0 Å². The van der Waals surface area contributed by atoms with Crippen molar-refractivity contribution in [3.63, 3.8) is 0 Å². The van der Waals surface area contributed by atoms with Crippen LogP contribution in [-0.2, 0) is 22.6 Å². The van der Waals surface area contributed by atoms with E-state index in [9.17, 15) is 9.59 Å². The molecule has 5 heteroatoms. The molecule has 4 nitrogen and oxygen atoms in total. The van der Waals surface area contributed by atoms with Crippen LogP contribution in [0.4, 0.5) is 0 Å². The maximum absolute atomic E-state index is 13.0. The molecule has 0 aliphatic carbocycles. The molecule has 26 heavy (non-hydrogen) atoms. The van der Waals surface area contributed by atoms with Gasteiger partial charge in [-0.3, -0.25) is 9.59 Å². The van der Waals surface area contributed by atoms with Gasteiger partial charge in [-0.25, -0.2) is 0 Å². The molecule has 2 amide bonds. The first-order valence-corrected chi connectivity index (χ1v) is 9.14. The van der Waals surface area contributed by atoms with Gasteiger partial charge in [-0.05, 0) is 30.5 Å². The molecule has 1 N–H and O–H groups in total. The lowest BCUT2D eigenvalue weighted by Gasteiger charge is -2.30. The summed E-state index contributed by atoms with van der Waals surface area (Å²) in [6.07, 6.45) is 0.707. The summed E-state index contributed by atoms with van der Waals surface area (Å²) in [6, 6.07) is 14.8. The van der Waals surface area contributed by atoms with Crippen molar-refractivity contribution in [2.75, 3.05) is 7.05 Å². The van der Waals surface area contributed by atoms with Gasteiger partial charge in [-0.2, -0.15) is 0 Å². The summed E-state index contributed by atoms with van der Waals surface area (Å²) < 4.78 is 0. The Bertz CT molecular complexity index is 759. The molecule has 0 saturated heterocycles. The Balaban J connectivity index is 2.29. The summed E-state index contributed by atoms with van der Waals surface area (Å²) in [5.74, 6) is -0.277. The number of hydrogen-bond donors (Lipinski definition) is 1. The number of nitrogens with zero attached hydrogens (tertiary/aromatic N) is 1. The summed E-state index contributed by atoms with van der Waals surface area (Å²) in [5, 5.41) is 3.22. The number of carbonyl (C=O) groups is 2. The molecule has 1 atom stereocenters. The fourth-order valence-electron chi connectivity index (χ4n) is 2.88. The Hall–Kier alpha value is -2.33. The molecule has 0 radical (unpaired) electrons. The third-order valence-electron chi connectivity index (χ3n) is 4.41. The van der Waals surface area contributed by atoms with Gasteiger partial charge >= 0.3 is 0 Å². The Morgan fingerprint density at radius 1 is 1.12 bits per heavy atom. The van der Waals surface area contributed by atoms with Gasteiger partial charge in [-0.15, -0.1) is 0 Å². The van der Waals surface area contributed by atoms with E-state index in [0.29, 0.717) is 18.0 Å². The summed E-state index contributed by atoms with van der Waals surface area (Å²) in [7, 11) is 1.59. The number of amides is 2. The number of hydrogen-bond acceptors (Lipinski definition) is 2. The van der Waals surface area contributed by atoms with Crippen LogP contribution in [0.2, 0.25) is 5.02 Å². The monoisotopic (exact) mass is 372 g/mol. The zero-order valence-corrected chi connectivity index (χ0v) is 16.2. The van der Waals surface area contributed by atoms with E-state index in [1.807, 2.05) is 56.3 Å². The van der Waals surface area contributed by atoms with E-state index in [1.165, 1.54) is 0 Å². The predicted octanol–water partition coefficient (Wildman–Crippen LogP) is 3.74. The van der Waals surface area contributed by atoms with Crippen LogP contribution in [0.15, 0.2) is 48.5 Å². The van der Waals surface area contributed by atoms with Crippen molar-refractivity contribution in [3.8, 4) is 0 Å². The minimum Gasteiger partial charge on any atom is -0.357 e. The van der Waals surface area contributed by atoms with Gasteiger partial charge in [0.05, 0.1) is 6.42 Å². The summed E-state index contributed by atoms with van der Waals surface area (Å²) in [5.41, 5.74) is 2.91. The van der Waals surface area contributed by atoms with Crippen molar-refractivity contribution in [2.45, 2.75) is 39.3 Å². The molecule has 0 aromatic heterocycles. The second kappa shape index (κ2) is 9.39. The number of benzene rings is 2. The molecule has 0 fully saturated rings. The molecule has 0 bridgehead atoms. The lowest BCUT2D eigenvalue weighted by atomic mass is 10.1. The van der Waals surface area contributed by atoms with Crippen molar-refractivity contribution in [1.82, 2.24) is 10.2 Å². The smallest absolute Gasteiger partial charge is 0.242 e. The molecule has 2 rings (SSSR count). The molecule has 0 saturated carbocycles. The van der Waals surface area contributed by atoms with Crippen molar-refractivity contribution < 1.29 is 9.59 Å². The van der Waals surface area contributed by atoms with E-state index in [-0.39, 0.29) is 18.2 Å². The van der Waals surface area contributed by atoms with Crippen LogP contribution in [0.25, 0.3) is 0 Å². The van der Waals surface area contributed by atoms with Crippen LogP contribution in [-0.4, -0.2) is 29.8 Å². The average molecular weight is 373 g/mol. The molecular formula is C21H25ClN2O2. The maximum Gasteiger partial charge on any atom is 0.242 e. The first-order chi connectivity index (χ1) is 12.5. The third kappa shape index (κ3) is 5.09. The molecule has 0 aliphatic rings. The van der Waals surface area contributed by atoms with E-state index < -0.39 is 6.04 Å². The Morgan fingerprint density at radius 3 is 2.35 bits per heavy atom. The first kappa shape index (κ1) is 20.0. The second-order valence-corrected chi connectivity index (χ2v) is 6.72. The maximum atomic E-state index is 13.0. The van der Waals surface area contributed by atoms with Gasteiger partial charge in [0.1, 0.15) is 6.04 Å². The molecule has 0 unspecified atom stereocenters. The largest absolute Gasteiger partial charge is 0.357 e. The van der Waals surface area contributed by atoms with E-state index in [0.717, 1.165) is 16.7 Å². The molecule has 138 valence electrons. The molecular weight excluding hydrogens is 348 g/mol. The first-order valence-electron chi connectivity index (χ1n) is 8.76. The topological polar surface area (TPSA) is 49.4 Å². The van der Waals surface area contributed by atoms with Crippen molar-refractivity contribution in [2.24, 2.45) is 0 Å². The highest BCUT2D eigenvalue weighted by atomic mass is 35.5. The van der Waals surface area contributed by atoms with E-state index in [4.69, 9.17) is 11.6 Å². The van der Waals surface area contributed by atoms with Gasteiger partial charge in [-0.1, -0.05) is 66.6 Å². The minimum atomic E-state index is -0.517. The SMILES string of the molecule is CC[C@@H](C(=O)NC)N(Cc1ccc(C)cc1)C(=O)Cc1ccccc1Cl. The normalized spacial score (nSPS) is 11.7. The van der Waals surface area contributed by atoms with E-state index in [2.05, 4.69) is 5.32 Å². The molecule has 0 aliphatic heterocycles. The predicted molar refractivity (Wildman–Crippen MR) is 105 cm³/mol. The van der Waals surface area contributed by atoms with E-state index >= 15 is 0 Å². The zero-order valence-electron chi connectivity index (χ0n) is 15.5. The number of halogens is 1. The molecule has 0 heterocycles. The molecule has 2 aromatic carbocycles. The number of nitrogens with one attached hydrogen (secondary N) is 1. The van der Waals surface area contributed by atoms with E-state index in [1.54, 1.807) is 18.0 Å². The summed E-state index contributed by atoms with van der Waals surface area (Å²) in [4.78, 5) is 27.0. The van der Waals surface area contributed by atoms with Crippen molar-refractivity contribution in [3.05, 3.63) is 70.2 Å². The van der Waals surface area contributed by atoms with Crippen LogP contribution in [0.1, 0.15) is 30.0 Å². The highest BCUT2D eigenvalue weighted by Gasteiger charge is 2.28. The number of likely N-dealkylation sites (N-methyl/N-ethyl adjacent to an activating group) is 1. The third-order valence-corrected chi connectivity index (χ3v) is 4.77. The van der Waals surface area contributed by atoms with Gasteiger partial charge < -0.3 is 10.2 Å². The van der Waals surface area contributed by atoms with Crippen LogP contribution >= 0.6 is 11.6 Å². The number of aryl methyl sites for hydroxylation is 1. The lowest BCUT2D eigenvalue weighted by molar-refractivity contribution is -0.140. The fourth-order valence-corrected chi connectivity index (χ4v) is 3.09. The summed E-state index contributed by atoms with van der Waals surface area (Å²) in [6.45, 7) is 4.31. The van der Waals surface area contributed by atoms with Crippen LogP contribution < -0.4 is 5.32 Å². The van der Waals surface area contributed by atoms with Gasteiger partial charge in [0.25, 0.3) is 0 Å². The number of carbonyl (C=O) groups excluding carboxylic acids is 2. The van der Waals surface area contributed by atoms with Gasteiger partial charge in [0, 0.05) is 18.6 Å². The zero-order chi connectivity index (χ0) is 19.1. The number of rotatable bonds is 7. The molecule has 0 spiro atoms. The highest BCUT2D eigenvalue weighted by Crippen LogP contribution is 2.19.